The van der Waals surface area contributed by atoms with E-state index < -0.39 is 0 Å². The van der Waals surface area contributed by atoms with E-state index in [9.17, 15) is 4.39 Å². The molecule has 1 saturated heterocycles. The molecule has 1 nitrogen and oxygen atoms in total. The van der Waals surface area contributed by atoms with Gasteiger partial charge in [-0.2, -0.15) is 0 Å². The molecule has 1 unspecified atom stereocenters. The third-order valence-electron chi connectivity index (χ3n) is 2.94. The van der Waals surface area contributed by atoms with Crippen LogP contribution in [0.25, 0.3) is 0 Å². The first-order valence-electron chi connectivity index (χ1n) is 5.22. The number of hydrogen-bond acceptors (Lipinski definition) is 1. The molecule has 1 N–H and O–H groups in total. The fraction of sp³-hybridized carbons (Fsp3) is 0.500. The summed E-state index contributed by atoms with van der Waals surface area (Å²) in [4.78, 5) is 0. The SMILES string of the molecule is Cc1cccc(CC2CCNC2)c1F. The summed E-state index contributed by atoms with van der Waals surface area (Å²) < 4.78 is 13.6. The van der Waals surface area contributed by atoms with Gasteiger partial charge in [0.15, 0.2) is 0 Å². The van der Waals surface area contributed by atoms with Gasteiger partial charge < -0.3 is 5.32 Å². The predicted molar refractivity (Wildman–Crippen MR) is 55.8 cm³/mol. The number of rotatable bonds is 2. The number of nitrogens with one attached hydrogen (secondary N) is 1. The molecule has 0 bridgehead atoms. The summed E-state index contributed by atoms with van der Waals surface area (Å²) >= 11 is 0. The Hall–Kier alpha value is -0.890. The molecule has 1 heterocycles. The molecule has 1 aliphatic heterocycles. The normalized spacial score (nSPS) is 21.4. The van der Waals surface area contributed by atoms with Crippen molar-refractivity contribution >= 4 is 0 Å². The van der Waals surface area contributed by atoms with E-state index in [2.05, 4.69) is 5.32 Å². The van der Waals surface area contributed by atoms with Gasteiger partial charge in [0, 0.05) is 0 Å². The van der Waals surface area contributed by atoms with Crippen molar-refractivity contribution in [2.24, 2.45) is 5.92 Å². The molecule has 0 saturated carbocycles. The van der Waals surface area contributed by atoms with Crippen molar-refractivity contribution in [2.45, 2.75) is 19.8 Å². The van der Waals surface area contributed by atoms with Gasteiger partial charge in [-0.25, -0.2) is 4.39 Å². The number of aryl methyl sites for hydroxylation is 1. The maximum Gasteiger partial charge on any atom is 0.129 e. The molecule has 0 spiro atoms. The lowest BCUT2D eigenvalue weighted by atomic mass is 9.97. The summed E-state index contributed by atoms with van der Waals surface area (Å²) in [6.07, 6.45) is 2.05. The Bertz CT molecular complexity index is 316. The van der Waals surface area contributed by atoms with E-state index in [1.807, 2.05) is 25.1 Å². The third kappa shape index (κ3) is 1.95. The lowest BCUT2D eigenvalue weighted by Gasteiger charge is -2.10. The van der Waals surface area contributed by atoms with Gasteiger partial charge >= 0.3 is 0 Å². The van der Waals surface area contributed by atoms with Gasteiger partial charge in [0.1, 0.15) is 5.82 Å². The van der Waals surface area contributed by atoms with Gasteiger partial charge in [-0.15, -0.1) is 0 Å². The zero-order valence-electron chi connectivity index (χ0n) is 8.52. The molecular weight excluding hydrogens is 177 g/mol. The molecule has 1 atom stereocenters. The van der Waals surface area contributed by atoms with E-state index in [4.69, 9.17) is 0 Å². The Morgan fingerprint density at radius 1 is 1.50 bits per heavy atom. The van der Waals surface area contributed by atoms with E-state index in [0.717, 1.165) is 30.6 Å². The molecule has 0 amide bonds. The Balaban J connectivity index is 2.11. The molecule has 0 radical (unpaired) electrons. The summed E-state index contributed by atoms with van der Waals surface area (Å²) in [5.74, 6) is 0.602. The number of halogens is 1. The molecule has 1 fully saturated rings. The first-order valence-corrected chi connectivity index (χ1v) is 5.22. The highest BCUT2D eigenvalue weighted by molar-refractivity contribution is 5.25. The quantitative estimate of drug-likeness (QED) is 0.760. The zero-order chi connectivity index (χ0) is 9.97. The third-order valence-corrected chi connectivity index (χ3v) is 2.94. The first-order chi connectivity index (χ1) is 6.77. The van der Waals surface area contributed by atoms with Crippen LogP contribution in [-0.2, 0) is 6.42 Å². The van der Waals surface area contributed by atoms with Gasteiger partial charge in [0.25, 0.3) is 0 Å². The molecule has 76 valence electrons. The van der Waals surface area contributed by atoms with Crippen LogP contribution in [0.15, 0.2) is 18.2 Å². The lowest BCUT2D eigenvalue weighted by molar-refractivity contribution is 0.540. The monoisotopic (exact) mass is 193 g/mol. The van der Waals surface area contributed by atoms with Gasteiger partial charge in [0.2, 0.25) is 0 Å². The minimum atomic E-state index is -0.0144. The molecule has 2 heteroatoms. The van der Waals surface area contributed by atoms with E-state index >= 15 is 0 Å². The highest BCUT2D eigenvalue weighted by Crippen LogP contribution is 2.19. The van der Waals surface area contributed by atoms with Crippen LogP contribution in [0.2, 0.25) is 0 Å². The molecule has 1 aromatic carbocycles. The second-order valence-electron chi connectivity index (χ2n) is 4.11. The van der Waals surface area contributed by atoms with Gasteiger partial charge in [-0.3, -0.25) is 0 Å². The van der Waals surface area contributed by atoms with E-state index in [-0.39, 0.29) is 5.82 Å². The van der Waals surface area contributed by atoms with Crippen LogP contribution in [0.1, 0.15) is 17.5 Å². The Labute approximate surface area is 84.3 Å². The predicted octanol–water partition coefficient (Wildman–Crippen LogP) is 2.29. The van der Waals surface area contributed by atoms with Crippen LogP contribution in [0.5, 0.6) is 0 Å². The highest BCUT2D eigenvalue weighted by Gasteiger charge is 2.16. The fourth-order valence-corrected chi connectivity index (χ4v) is 2.07. The first kappa shape index (κ1) is 9.66. The molecule has 0 aliphatic carbocycles. The smallest absolute Gasteiger partial charge is 0.129 e. The van der Waals surface area contributed by atoms with Crippen LogP contribution in [-0.4, -0.2) is 13.1 Å². The molecule has 1 aliphatic rings. The number of hydrogen-bond donors (Lipinski definition) is 1. The van der Waals surface area contributed by atoms with E-state index in [1.54, 1.807) is 0 Å². The van der Waals surface area contributed by atoms with Crippen molar-refractivity contribution in [1.29, 1.82) is 0 Å². The maximum absolute atomic E-state index is 13.6. The topological polar surface area (TPSA) is 12.0 Å². The van der Waals surface area contributed by atoms with Crippen molar-refractivity contribution in [3.63, 3.8) is 0 Å². The summed E-state index contributed by atoms with van der Waals surface area (Å²) in [5, 5.41) is 3.30. The van der Waals surface area contributed by atoms with Crippen molar-refractivity contribution < 1.29 is 4.39 Å². The molecular formula is C12H16FN. The van der Waals surface area contributed by atoms with Crippen molar-refractivity contribution in [3.8, 4) is 0 Å². The van der Waals surface area contributed by atoms with Crippen LogP contribution in [0, 0.1) is 18.7 Å². The van der Waals surface area contributed by atoms with Crippen molar-refractivity contribution in [2.75, 3.05) is 13.1 Å². The maximum atomic E-state index is 13.6. The Kier molecular flexibility index (Phi) is 2.82. The average molecular weight is 193 g/mol. The largest absolute Gasteiger partial charge is 0.316 e. The standard InChI is InChI=1S/C12H16FN/c1-9-3-2-4-11(12(9)13)7-10-5-6-14-8-10/h2-4,10,14H,5-8H2,1H3. The molecule has 0 aromatic heterocycles. The fourth-order valence-electron chi connectivity index (χ4n) is 2.07. The van der Waals surface area contributed by atoms with Crippen LogP contribution in [0.4, 0.5) is 4.39 Å². The molecule has 2 rings (SSSR count). The summed E-state index contributed by atoms with van der Waals surface area (Å²) in [5.41, 5.74) is 1.63. The van der Waals surface area contributed by atoms with E-state index in [1.165, 1.54) is 6.42 Å². The number of benzene rings is 1. The minimum Gasteiger partial charge on any atom is -0.316 e. The van der Waals surface area contributed by atoms with Gasteiger partial charge in [-0.05, 0) is 49.9 Å². The van der Waals surface area contributed by atoms with Crippen LogP contribution < -0.4 is 5.32 Å². The minimum absolute atomic E-state index is 0.0144. The summed E-state index contributed by atoms with van der Waals surface area (Å²) in [7, 11) is 0. The van der Waals surface area contributed by atoms with Gasteiger partial charge in [-0.1, -0.05) is 18.2 Å². The van der Waals surface area contributed by atoms with Crippen molar-refractivity contribution in [1.82, 2.24) is 5.32 Å². The zero-order valence-corrected chi connectivity index (χ0v) is 8.52. The van der Waals surface area contributed by atoms with Gasteiger partial charge in [0.05, 0.1) is 0 Å². The average Bonchev–Trinajstić information content (AvgIpc) is 2.66. The Morgan fingerprint density at radius 3 is 3.07 bits per heavy atom. The molecule has 1 aromatic rings. The highest BCUT2D eigenvalue weighted by atomic mass is 19.1. The Morgan fingerprint density at radius 2 is 2.36 bits per heavy atom. The van der Waals surface area contributed by atoms with Crippen LogP contribution >= 0.6 is 0 Å². The summed E-state index contributed by atoms with van der Waals surface area (Å²) in [6, 6.07) is 5.67. The van der Waals surface area contributed by atoms with E-state index in [0.29, 0.717) is 5.92 Å². The van der Waals surface area contributed by atoms with Crippen molar-refractivity contribution in [3.05, 3.63) is 35.1 Å². The van der Waals surface area contributed by atoms with Crippen LogP contribution in [0.3, 0.4) is 0 Å². The second-order valence-corrected chi connectivity index (χ2v) is 4.11. The lowest BCUT2D eigenvalue weighted by Crippen LogP contribution is -2.11. The molecule has 14 heavy (non-hydrogen) atoms. The second kappa shape index (κ2) is 4.09. The summed E-state index contributed by atoms with van der Waals surface area (Å²) in [6.45, 7) is 3.94.